The Morgan fingerprint density at radius 3 is 2.91 bits per heavy atom. The Bertz CT molecular complexity index is 664. The van der Waals surface area contributed by atoms with E-state index in [0.717, 1.165) is 30.6 Å². The van der Waals surface area contributed by atoms with Crippen LogP contribution in [0.3, 0.4) is 0 Å². The van der Waals surface area contributed by atoms with Gasteiger partial charge in [0.25, 0.3) is 0 Å². The molecule has 1 aromatic carbocycles. The molecule has 3 N–H and O–H groups in total. The molecule has 5 heteroatoms. The maximum absolute atomic E-state index is 10.8. The van der Waals surface area contributed by atoms with Crippen LogP contribution in [-0.4, -0.2) is 33.7 Å². The van der Waals surface area contributed by atoms with E-state index in [1.54, 1.807) is 6.20 Å². The lowest BCUT2D eigenvalue weighted by molar-refractivity contribution is 0.0488. The van der Waals surface area contributed by atoms with Crippen molar-refractivity contribution in [2.75, 3.05) is 18.8 Å². The number of benzene rings is 1. The number of rotatable bonds is 4. The van der Waals surface area contributed by atoms with E-state index in [1.165, 1.54) is 0 Å². The molecule has 3 rings (SSSR count). The van der Waals surface area contributed by atoms with Crippen LogP contribution >= 0.6 is 11.6 Å². The molecular weight excluding hydrogens is 298 g/mol. The number of likely N-dealkylation sites (tertiary alicyclic amines) is 1. The largest absolute Gasteiger partial charge is 0.388 e. The van der Waals surface area contributed by atoms with E-state index in [9.17, 15) is 5.11 Å². The van der Waals surface area contributed by atoms with Crippen LogP contribution in [0.15, 0.2) is 42.6 Å². The molecule has 0 saturated carbocycles. The Kier molecular flexibility index (Phi) is 4.34. The minimum atomic E-state index is -0.691. The van der Waals surface area contributed by atoms with Gasteiger partial charge in [0.1, 0.15) is 5.82 Å². The van der Waals surface area contributed by atoms with Crippen molar-refractivity contribution < 1.29 is 5.11 Å². The van der Waals surface area contributed by atoms with E-state index in [0.29, 0.717) is 23.8 Å². The van der Waals surface area contributed by atoms with Gasteiger partial charge >= 0.3 is 0 Å². The summed E-state index contributed by atoms with van der Waals surface area (Å²) in [5, 5.41) is 11.5. The van der Waals surface area contributed by atoms with Crippen LogP contribution < -0.4 is 5.73 Å². The number of nitrogen functional groups attached to an aromatic ring is 1. The quantitative estimate of drug-likeness (QED) is 0.909. The average molecular weight is 318 g/mol. The lowest BCUT2D eigenvalue weighted by atomic mass is 9.94. The van der Waals surface area contributed by atoms with Gasteiger partial charge in [0.05, 0.1) is 5.60 Å². The molecule has 1 unspecified atom stereocenters. The smallest absolute Gasteiger partial charge is 0.123 e. The number of hydrogen-bond donors (Lipinski definition) is 2. The Balaban J connectivity index is 1.63. The summed E-state index contributed by atoms with van der Waals surface area (Å²) in [6.45, 7) is 2.31. The van der Waals surface area contributed by atoms with Crippen LogP contribution in [0.1, 0.15) is 17.5 Å². The standard InChI is InChI=1S/C17H20ClN3O/c18-15-3-1-2-13(8-15)10-17(22)5-7-21(12-17)11-14-4-6-20-16(19)9-14/h1-4,6,8-9,22H,5,7,10-12H2,(H2,19,20). The second-order valence-corrected chi connectivity index (χ2v) is 6.52. The summed E-state index contributed by atoms with van der Waals surface area (Å²) in [6, 6.07) is 11.6. The highest BCUT2D eigenvalue weighted by molar-refractivity contribution is 6.30. The van der Waals surface area contributed by atoms with E-state index in [1.807, 2.05) is 36.4 Å². The predicted octanol–water partition coefficient (Wildman–Crippen LogP) is 2.50. The molecule has 1 aliphatic heterocycles. The first-order chi connectivity index (χ1) is 10.5. The maximum Gasteiger partial charge on any atom is 0.123 e. The normalized spacial score (nSPS) is 22.1. The maximum atomic E-state index is 10.8. The Labute approximate surface area is 135 Å². The van der Waals surface area contributed by atoms with E-state index >= 15 is 0 Å². The molecule has 22 heavy (non-hydrogen) atoms. The van der Waals surface area contributed by atoms with Crippen molar-refractivity contribution in [2.45, 2.75) is 25.0 Å². The summed E-state index contributed by atoms with van der Waals surface area (Å²) >= 11 is 6.02. The molecule has 2 heterocycles. The van der Waals surface area contributed by atoms with E-state index in [4.69, 9.17) is 17.3 Å². The topological polar surface area (TPSA) is 62.4 Å². The van der Waals surface area contributed by atoms with Gasteiger partial charge in [-0.1, -0.05) is 23.7 Å². The molecule has 0 amide bonds. The summed E-state index contributed by atoms with van der Waals surface area (Å²) in [7, 11) is 0. The summed E-state index contributed by atoms with van der Waals surface area (Å²) in [6.07, 6.45) is 3.11. The van der Waals surface area contributed by atoms with Crippen LogP contribution in [0.4, 0.5) is 5.82 Å². The monoisotopic (exact) mass is 317 g/mol. The molecule has 1 saturated heterocycles. The highest BCUT2D eigenvalue weighted by Gasteiger charge is 2.35. The Morgan fingerprint density at radius 1 is 1.27 bits per heavy atom. The summed E-state index contributed by atoms with van der Waals surface area (Å²) < 4.78 is 0. The highest BCUT2D eigenvalue weighted by Crippen LogP contribution is 2.27. The second-order valence-electron chi connectivity index (χ2n) is 6.08. The highest BCUT2D eigenvalue weighted by atomic mass is 35.5. The van der Waals surface area contributed by atoms with Crippen LogP contribution in [0.25, 0.3) is 0 Å². The van der Waals surface area contributed by atoms with Gasteiger partial charge in [0.2, 0.25) is 0 Å². The minimum absolute atomic E-state index is 0.533. The number of halogens is 1. The number of anilines is 1. The fraction of sp³-hybridized carbons (Fsp3) is 0.353. The van der Waals surface area contributed by atoms with Crippen molar-refractivity contribution >= 4 is 17.4 Å². The predicted molar refractivity (Wildman–Crippen MR) is 88.6 cm³/mol. The second kappa shape index (κ2) is 6.24. The van der Waals surface area contributed by atoms with E-state index in [2.05, 4.69) is 9.88 Å². The number of hydrogen-bond acceptors (Lipinski definition) is 4. The Hall–Kier alpha value is -1.62. The fourth-order valence-corrected chi connectivity index (χ4v) is 3.31. The van der Waals surface area contributed by atoms with Gasteiger partial charge < -0.3 is 10.8 Å². The molecule has 0 bridgehead atoms. The average Bonchev–Trinajstić information content (AvgIpc) is 2.79. The minimum Gasteiger partial charge on any atom is -0.388 e. The molecular formula is C17H20ClN3O. The van der Waals surface area contributed by atoms with Crippen molar-refractivity contribution in [1.82, 2.24) is 9.88 Å². The van der Waals surface area contributed by atoms with Crippen molar-refractivity contribution in [3.05, 3.63) is 58.7 Å². The zero-order valence-corrected chi connectivity index (χ0v) is 13.1. The van der Waals surface area contributed by atoms with Crippen molar-refractivity contribution in [3.8, 4) is 0 Å². The molecule has 0 aliphatic carbocycles. The molecule has 1 atom stereocenters. The zero-order valence-electron chi connectivity index (χ0n) is 12.4. The summed E-state index contributed by atoms with van der Waals surface area (Å²) in [5.41, 5.74) is 7.22. The first kappa shape index (κ1) is 15.3. The van der Waals surface area contributed by atoms with Gasteiger partial charge in [-0.25, -0.2) is 4.98 Å². The van der Waals surface area contributed by atoms with Crippen molar-refractivity contribution in [1.29, 1.82) is 0 Å². The summed E-state index contributed by atoms with van der Waals surface area (Å²) in [5.74, 6) is 0.533. The molecule has 2 aromatic rings. The van der Waals surface area contributed by atoms with Gasteiger partial charge in [-0.05, 0) is 41.8 Å². The van der Waals surface area contributed by atoms with E-state index in [-0.39, 0.29) is 0 Å². The van der Waals surface area contributed by atoms with E-state index < -0.39 is 5.60 Å². The lowest BCUT2D eigenvalue weighted by Gasteiger charge is -2.24. The third kappa shape index (κ3) is 3.77. The third-order valence-corrected chi connectivity index (χ3v) is 4.32. The van der Waals surface area contributed by atoms with Gasteiger partial charge in [0, 0.05) is 37.3 Å². The number of nitrogens with two attached hydrogens (primary N) is 1. The lowest BCUT2D eigenvalue weighted by Crippen LogP contribution is -2.35. The van der Waals surface area contributed by atoms with Crippen LogP contribution in [0, 0.1) is 0 Å². The number of nitrogens with zero attached hydrogens (tertiary/aromatic N) is 2. The molecule has 0 radical (unpaired) electrons. The van der Waals surface area contributed by atoms with Gasteiger partial charge in [0.15, 0.2) is 0 Å². The summed E-state index contributed by atoms with van der Waals surface area (Å²) in [4.78, 5) is 6.25. The molecule has 1 fully saturated rings. The number of aliphatic hydroxyl groups is 1. The third-order valence-electron chi connectivity index (χ3n) is 4.09. The van der Waals surface area contributed by atoms with Crippen molar-refractivity contribution in [3.63, 3.8) is 0 Å². The van der Waals surface area contributed by atoms with Crippen molar-refractivity contribution in [2.24, 2.45) is 0 Å². The SMILES string of the molecule is Nc1cc(CN2CCC(O)(Cc3cccc(Cl)c3)C2)ccn1. The van der Waals surface area contributed by atoms with Crippen LogP contribution in [-0.2, 0) is 13.0 Å². The Morgan fingerprint density at radius 2 is 2.14 bits per heavy atom. The number of aromatic nitrogens is 1. The zero-order chi connectivity index (χ0) is 15.6. The van der Waals surface area contributed by atoms with Gasteiger partial charge in [-0.3, -0.25) is 4.90 Å². The van der Waals surface area contributed by atoms with Gasteiger partial charge in [-0.15, -0.1) is 0 Å². The first-order valence-electron chi connectivity index (χ1n) is 7.42. The molecule has 1 aromatic heterocycles. The fourth-order valence-electron chi connectivity index (χ4n) is 3.10. The molecule has 4 nitrogen and oxygen atoms in total. The van der Waals surface area contributed by atoms with Crippen LogP contribution in [0.5, 0.6) is 0 Å². The number of β-amino-alcohol motifs (C(OH)–C–C–N with tert-alkyl or cyclic N) is 1. The first-order valence-corrected chi connectivity index (χ1v) is 7.80. The molecule has 1 aliphatic rings. The number of pyridine rings is 1. The van der Waals surface area contributed by atoms with Crippen LogP contribution in [0.2, 0.25) is 5.02 Å². The van der Waals surface area contributed by atoms with Gasteiger partial charge in [-0.2, -0.15) is 0 Å². The molecule has 116 valence electrons. The molecule has 0 spiro atoms.